The highest BCUT2D eigenvalue weighted by atomic mass is 16.5. The summed E-state index contributed by atoms with van der Waals surface area (Å²) in [6.45, 7) is 4.76. The fourth-order valence-corrected chi connectivity index (χ4v) is 1.57. The molecule has 0 heterocycles. The van der Waals surface area contributed by atoms with Crippen molar-refractivity contribution in [1.29, 1.82) is 0 Å². The third-order valence-corrected chi connectivity index (χ3v) is 2.61. The van der Waals surface area contributed by atoms with Gasteiger partial charge in [0.1, 0.15) is 5.75 Å². The molecule has 0 aliphatic rings. The van der Waals surface area contributed by atoms with Crippen LogP contribution in [-0.2, 0) is 0 Å². The van der Waals surface area contributed by atoms with Gasteiger partial charge in [0.05, 0.1) is 13.7 Å². The van der Waals surface area contributed by atoms with E-state index in [1.54, 1.807) is 24.1 Å². The van der Waals surface area contributed by atoms with Crippen LogP contribution in [0.5, 0.6) is 5.75 Å². The van der Waals surface area contributed by atoms with E-state index in [2.05, 4.69) is 5.92 Å². The van der Waals surface area contributed by atoms with E-state index in [-0.39, 0.29) is 5.91 Å². The lowest BCUT2D eigenvalue weighted by molar-refractivity contribution is 0.0784. The van der Waals surface area contributed by atoms with Gasteiger partial charge in [0.25, 0.3) is 5.91 Å². The van der Waals surface area contributed by atoms with Crippen LogP contribution in [0.25, 0.3) is 0 Å². The Kier molecular flexibility index (Phi) is 4.59. The molecule has 3 heteroatoms. The molecule has 0 atom stereocenters. The fraction of sp³-hybridized carbons (Fsp3) is 0.357. The molecule has 1 aromatic carbocycles. The van der Waals surface area contributed by atoms with Crippen molar-refractivity contribution in [3.05, 3.63) is 29.3 Å². The van der Waals surface area contributed by atoms with Gasteiger partial charge >= 0.3 is 0 Å². The summed E-state index contributed by atoms with van der Waals surface area (Å²) in [6, 6.07) is 5.41. The van der Waals surface area contributed by atoms with Crippen molar-refractivity contribution >= 4 is 5.91 Å². The van der Waals surface area contributed by atoms with Gasteiger partial charge in [-0.25, -0.2) is 0 Å². The standard InChI is InChI=1S/C14H17NO2/c1-5-9-15(6-2)14(16)12-8-7-11(3)13(10-12)17-4/h1,7-8,10H,6,9H2,2-4H3. The number of nitrogens with zero attached hydrogens (tertiary/aromatic N) is 1. The van der Waals surface area contributed by atoms with E-state index in [4.69, 9.17) is 11.2 Å². The number of rotatable bonds is 4. The maximum Gasteiger partial charge on any atom is 0.254 e. The zero-order valence-electron chi connectivity index (χ0n) is 10.5. The van der Waals surface area contributed by atoms with Crippen molar-refractivity contribution in [3.8, 4) is 18.1 Å². The second kappa shape index (κ2) is 5.95. The second-order valence-electron chi connectivity index (χ2n) is 3.71. The molecule has 90 valence electrons. The minimum absolute atomic E-state index is 0.0660. The maximum absolute atomic E-state index is 12.1. The normalized spacial score (nSPS) is 9.53. The number of carbonyl (C=O) groups excluding carboxylic acids is 1. The van der Waals surface area contributed by atoms with Crippen molar-refractivity contribution in [1.82, 2.24) is 4.90 Å². The van der Waals surface area contributed by atoms with Crippen LogP contribution in [0.2, 0.25) is 0 Å². The number of ether oxygens (including phenoxy) is 1. The van der Waals surface area contributed by atoms with E-state index >= 15 is 0 Å². The monoisotopic (exact) mass is 231 g/mol. The van der Waals surface area contributed by atoms with Gasteiger partial charge in [-0.2, -0.15) is 0 Å². The Morgan fingerprint density at radius 2 is 2.24 bits per heavy atom. The lowest BCUT2D eigenvalue weighted by Crippen LogP contribution is -2.31. The van der Waals surface area contributed by atoms with Gasteiger partial charge in [-0.15, -0.1) is 6.42 Å². The van der Waals surface area contributed by atoms with Gasteiger partial charge in [-0.1, -0.05) is 12.0 Å². The minimum Gasteiger partial charge on any atom is -0.496 e. The van der Waals surface area contributed by atoms with Gasteiger partial charge in [0.15, 0.2) is 0 Å². The van der Waals surface area contributed by atoms with Crippen molar-refractivity contribution in [2.45, 2.75) is 13.8 Å². The topological polar surface area (TPSA) is 29.5 Å². The molecule has 1 rings (SSSR count). The predicted octanol–water partition coefficient (Wildman–Crippen LogP) is 2.10. The van der Waals surface area contributed by atoms with Crippen LogP contribution in [0.15, 0.2) is 18.2 Å². The highest BCUT2D eigenvalue weighted by Gasteiger charge is 2.14. The summed E-state index contributed by atoms with van der Waals surface area (Å²) in [5, 5.41) is 0. The number of hydrogen-bond acceptors (Lipinski definition) is 2. The smallest absolute Gasteiger partial charge is 0.254 e. The Labute approximate surface area is 102 Å². The quantitative estimate of drug-likeness (QED) is 0.743. The lowest BCUT2D eigenvalue weighted by atomic mass is 10.1. The summed E-state index contributed by atoms with van der Waals surface area (Å²) in [6.07, 6.45) is 5.23. The number of carbonyl (C=O) groups is 1. The maximum atomic E-state index is 12.1. The Morgan fingerprint density at radius 3 is 2.76 bits per heavy atom. The van der Waals surface area contributed by atoms with Gasteiger partial charge in [0, 0.05) is 12.1 Å². The summed E-state index contributed by atoms with van der Waals surface area (Å²) in [5.74, 6) is 3.13. The molecule has 0 aliphatic heterocycles. The summed E-state index contributed by atoms with van der Waals surface area (Å²) >= 11 is 0. The van der Waals surface area contributed by atoms with E-state index in [1.165, 1.54) is 0 Å². The number of methoxy groups -OCH3 is 1. The van der Waals surface area contributed by atoms with Crippen molar-refractivity contribution in [3.63, 3.8) is 0 Å². The molecule has 0 unspecified atom stereocenters. The van der Waals surface area contributed by atoms with Crippen LogP contribution < -0.4 is 4.74 Å². The fourth-order valence-electron chi connectivity index (χ4n) is 1.57. The summed E-state index contributed by atoms with van der Waals surface area (Å²) in [4.78, 5) is 13.7. The van der Waals surface area contributed by atoms with Crippen molar-refractivity contribution in [2.75, 3.05) is 20.2 Å². The first-order chi connectivity index (χ1) is 8.13. The Balaban J connectivity index is 3.00. The second-order valence-corrected chi connectivity index (χ2v) is 3.71. The summed E-state index contributed by atoms with van der Waals surface area (Å²) in [7, 11) is 1.59. The van der Waals surface area contributed by atoms with Crippen LogP contribution in [0.1, 0.15) is 22.8 Å². The van der Waals surface area contributed by atoms with E-state index in [0.29, 0.717) is 24.4 Å². The average Bonchev–Trinajstić information content (AvgIpc) is 2.35. The number of aryl methyl sites for hydroxylation is 1. The highest BCUT2D eigenvalue weighted by Crippen LogP contribution is 2.19. The molecule has 0 saturated heterocycles. The van der Waals surface area contributed by atoms with E-state index < -0.39 is 0 Å². The number of benzene rings is 1. The molecule has 17 heavy (non-hydrogen) atoms. The molecule has 0 saturated carbocycles. The van der Waals surface area contributed by atoms with Crippen molar-refractivity contribution in [2.24, 2.45) is 0 Å². The molecule has 0 aliphatic carbocycles. The molecule has 0 aromatic heterocycles. The molecule has 0 fully saturated rings. The first-order valence-electron chi connectivity index (χ1n) is 5.51. The molecular formula is C14H17NO2. The average molecular weight is 231 g/mol. The Morgan fingerprint density at radius 1 is 1.53 bits per heavy atom. The zero-order chi connectivity index (χ0) is 12.8. The first kappa shape index (κ1) is 13.1. The molecule has 3 nitrogen and oxygen atoms in total. The number of hydrogen-bond donors (Lipinski definition) is 0. The van der Waals surface area contributed by atoms with Crippen LogP contribution >= 0.6 is 0 Å². The van der Waals surface area contributed by atoms with E-state index in [1.807, 2.05) is 19.9 Å². The SMILES string of the molecule is C#CCN(CC)C(=O)c1ccc(C)c(OC)c1. The Bertz CT molecular complexity index is 446. The van der Waals surface area contributed by atoms with Gasteiger partial charge < -0.3 is 9.64 Å². The van der Waals surface area contributed by atoms with Crippen LogP contribution in [0.4, 0.5) is 0 Å². The van der Waals surface area contributed by atoms with Crippen LogP contribution in [0.3, 0.4) is 0 Å². The minimum atomic E-state index is -0.0660. The van der Waals surface area contributed by atoms with Gasteiger partial charge in [0.2, 0.25) is 0 Å². The third kappa shape index (κ3) is 3.01. The first-order valence-corrected chi connectivity index (χ1v) is 5.51. The van der Waals surface area contributed by atoms with E-state index in [9.17, 15) is 4.79 Å². The van der Waals surface area contributed by atoms with Gasteiger partial charge in [-0.05, 0) is 31.5 Å². The summed E-state index contributed by atoms with van der Waals surface area (Å²) < 4.78 is 5.20. The number of terminal acetylenes is 1. The highest BCUT2D eigenvalue weighted by molar-refractivity contribution is 5.94. The zero-order valence-corrected chi connectivity index (χ0v) is 10.5. The summed E-state index contributed by atoms with van der Waals surface area (Å²) in [5.41, 5.74) is 1.61. The largest absolute Gasteiger partial charge is 0.496 e. The molecular weight excluding hydrogens is 214 g/mol. The molecule has 0 bridgehead atoms. The van der Waals surface area contributed by atoms with E-state index in [0.717, 1.165) is 5.56 Å². The molecule has 1 amide bonds. The molecule has 1 aromatic rings. The van der Waals surface area contributed by atoms with Crippen LogP contribution in [0, 0.1) is 19.3 Å². The van der Waals surface area contributed by atoms with Crippen LogP contribution in [-0.4, -0.2) is 31.0 Å². The Hall–Kier alpha value is -1.95. The number of amides is 1. The molecule has 0 N–H and O–H groups in total. The van der Waals surface area contributed by atoms with Crippen molar-refractivity contribution < 1.29 is 9.53 Å². The van der Waals surface area contributed by atoms with Gasteiger partial charge in [-0.3, -0.25) is 4.79 Å². The third-order valence-electron chi connectivity index (χ3n) is 2.61. The lowest BCUT2D eigenvalue weighted by Gasteiger charge is -2.18. The molecule has 0 spiro atoms. The predicted molar refractivity (Wildman–Crippen MR) is 68.1 cm³/mol. The molecule has 0 radical (unpaired) electrons.